The van der Waals surface area contributed by atoms with Crippen molar-refractivity contribution in [2.24, 2.45) is 0 Å². The third kappa shape index (κ3) is 10.2. The molecule has 2 aromatic heterocycles. The van der Waals surface area contributed by atoms with Gasteiger partial charge >= 0.3 is 0 Å². The largest absolute Gasteiger partial charge is 0.349 e. The van der Waals surface area contributed by atoms with Gasteiger partial charge in [-0.15, -0.1) is 0 Å². The van der Waals surface area contributed by atoms with E-state index in [0.29, 0.717) is 24.5 Å². The van der Waals surface area contributed by atoms with Crippen molar-refractivity contribution in [3.05, 3.63) is 60.2 Å². The van der Waals surface area contributed by atoms with Crippen LogP contribution in [0.5, 0.6) is 0 Å². The third-order valence-corrected chi connectivity index (χ3v) is 5.05. The highest BCUT2D eigenvalue weighted by Gasteiger charge is 2.10. The molecule has 0 spiro atoms. The van der Waals surface area contributed by atoms with E-state index in [-0.39, 0.29) is 11.8 Å². The quantitative estimate of drug-likeness (QED) is 0.428. The molecule has 2 N–H and O–H groups in total. The molecule has 0 aliphatic carbocycles. The molecule has 0 aliphatic rings. The molecule has 7 heteroatoms. The number of pyridine rings is 2. The average molecular weight is 426 g/mol. The minimum absolute atomic E-state index is 0.163. The Hall–Kier alpha value is -2.80. The highest BCUT2D eigenvalue weighted by molar-refractivity contribution is 5.92. The Kier molecular flexibility index (Phi) is 11.9. The number of nitrogens with one attached hydrogen (secondary N) is 2. The Morgan fingerprint density at radius 1 is 0.742 bits per heavy atom. The first-order valence-corrected chi connectivity index (χ1v) is 11.3. The van der Waals surface area contributed by atoms with Crippen molar-refractivity contribution < 1.29 is 9.59 Å². The summed E-state index contributed by atoms with van der Waals surface area (Å²) in [5, 5.41) is 5.86. The van der Waals surface area contributed by atoms with Gasteiger partial charge in [-0.3, -0.25) is 24.5 Å². The van der Waals surface area contributed by atoms with Gasteiger partial charge in [0, 0.05) is 38.6 Å². The van der Waals surface area contributed by atoms with Gasteiger partial charge in [-0.25, -0.2) is 0 Å². The van der Waals surface area contributed by atoms with Crippen LogP contribution >= 0.6 is 0 Å². The van der Waals surface area contributed by atoms with Gasteiger partial charge < -0.3 is 10.6 Å². The summed E-state index contributed by atoms with van der Waals surface area (Å²) in [6.45, 7) is 5.71. The number of rotatable bonds is 15. The Balaban J connectivity index is 1.75. The highest BCUT2D eigenvalue weighted by Crippen LogP contribution is 2.06. The molecule has 31 heavy (non-hydrogen) atoms. The van der Waals surface area contributed by atoms with Crippen LogP contribution in [-0.4, -0.2) is 59.4 Å². The van der Waals surface area contributed by atoms with Gasteiger partial charge in [0.2, 0.25) is 0 Å². The number of carbonyl (C=O) groups is 2. The van der Waals surface area contributed by atoms with E-state index in [9.17, 15) is 9.59 Å². The van der Waals surface area contributed by atoms with Crippen molar-refractivity contribution in [2.75, 3.05) is 32.7 Å². The summed E-state index contributed by atoms with van der Waals surface area (Å²) in [5.74, 6) is -0.327. The van der Waals surface area contributed by atoms with Crippen LogP contribution in [0.3, 0.4) is 0 Å². The fourth-order valence-corrected chi connectivity index (χ4v) is 3.28. The zero-order valence-electron chi connectivity index (χ0n) is 18.6. The molecule has 0 unspecified atom stereocenters. The number of nitrogens with zero attached hydrogens (tertiary/aromatic N) is 3. The van der Waals surface area contributed by atoms with Crippen LogP contribution in [0.15, 0.2) is 48.8 Å². The van der Waals surface area contributed by atoms with Crippen LogP contribution < -0.4 is 10.6 Å². The molecule has 0 saturated heterocycles. The molecule has 0 aliphatic heterocycles. The SMILES string of the molecule is CCCCCCCCN(CCNC(=O)c1ccccn1)CCNC(=O)c1ccccn1. The smallest absolute Gasteiger partial charge is 0.269 e. The summed E-state index contributed by atoms with van der Waals surface area (Å²) in [4.78, 5) is 34.8. The second-order valence-corrected chi connectivity index (χ2v) is 7.55. The maximum Gasteiger partial charge on any atom is 0.269 e. The van der Waals surface area contributed by atoms with E-state index in [2.05, 4.69) is 32.4 Å². The number of aromatic nitrogens is 2. The molecule has 0 radical (unpaired) electrons. The van der Waals surface area contributed by atoms with Gasteiger partial charge in [-0.05, 0) is 37.2 Å². The Morgan fingerprint density at radius 3 is 1.74 bits per heavy atom. The minimum atomic E-state index is -0.163. The molecule has 2 heterocycles. The van der Waals surface area contributed by atoms with Crippen LogP contribution in [0, 0.1) is 0 Å². The fourth-order valence-electron chi connectivity index (χ4n) is 3.28. The van der Waals surface area contributed by atoms with E-state index in [1.165, 1.54) is 32.1 Å². The van der Waals surface area contributed by atoms with Crippen molar-refractivity contribution in [3.63, 3.8) is 0 Å². The zero-order valence-corrected chi connectivity index (χ0v) is 18.6. The Morgan fingerprint density at radius 2 is 1.26 bits per heavy atom. The van der Waals surface area contributed by atoms with Crippen molar-refractivity contribution in [2.45, 2.75) is 45.4 Å². The molecular weight excluding hydrogens is 390 g/mol. The first-order chi connectivity index (χ1) is 15.2. The van der Waals surface area contributed by atoms with Gasteiger partial charge in [-0.2, -0.15) is 0 Å². The molecule has 0 saturated carbocycles. The molecule has 0 fully saturated rings. The maximum absolute atomic E-state index is 12.2. The molecule has 2 amide bonds. The van der Waals surface area contributed by atoms with E-state index in [1.807, 2.05) is 0 Å². The van der Waals surface area contributed by atoms with Crippen LogP contribution in [-0.2, 0) is 0 Å². The molecule has 7 nitrogen and oxygen atoms in total. The van der Waals surface area contributed by atoms with Crippen molar-refractivity contribution in [1.29, 1.82) is 0 Å². The van der Waals surface area contributed by atoms with Gasteiger partial charge in [0.1, 0.15) is 11.4 Å². The first-order valence-electron chi connectivity index (χ1n) is 11.3. The van der Waals surface area contributed by atoms with Crippen molar-refractivity contribution in [3.8, 4) is 0 Å². The average Bonchev–Trinajstić information content (AvgIpc) is 2.81. The van der Waals surface area contributed by atoms with Crippen molar-refractivity contribution in [1.82, 2.24) is 25.5 Å². The fraction of sp³-hybridized carbons (Fsp3) is 0.500. The van der Waals surface area contributed by atoms with E-state index in [1.54, 1.807) is 48.8 Å². The Bertz CT molecular complexity index is 698. The minimum Gasteiger partial charge on any atom is -0.349 e. The molecule has 2 rings (SSSR count). The van der Waals surface area contributed by atoms with Crippen LogP contribution in [0.4, 0.5) is 0 Å². The molecular formula is C24H35N5O2. The standard InChI is InChI=1S/C24H35N5O2/c1-2-3-4-5-6-11-18-29(19-16-27-23(30)21-12-7-9-14-25-21)20-17-28-24(31)22-13-8-10-15-26-22/h7-10,12-15H,2-6,11,16-20H2,1H3,(H,27,30)(H,28,31). The Labute approximate surface area is 185 Å². The lowest BCUT2D eigenvalue weighted by molar-refractivity contribution is 0.0943. The second-order valence-electron chi connectivity index (χ2n) is 7.55. The van der Waals surface area contributed by atoms with Gasteiger partial charge in [-0.1, -0.05) is 51.2 Å². The van der Waals surface area contributed by atoms with Gasteiger partial charge in [0.25, 0.3) is 11.8 Å². The van der Waals surface area contributed by atoms with E-state index in [4.69, 9.17) is 0 Å². The molecule has 168 valence electrons. The third-order valence-electron chi connectivity index (χ3n) is 5.05. The predicted molar refractivity (Wildman–Crippen MR) is 123 cm³/mol. The summed E-state index contributed by atoms with van der Waals surface area (Å²) in [5.41, 5.74) is 0.847. The summed E-state index contributed by atoms with van der Waals surface area (Å²) in [7, 11) is 0. The lowest BCUT2D eigenvalue weighted by Crippen LogP contribution is -2.40. The van der Waals surface area contributed by atoms with Crippen LogP contribution in [0.1, 0.15) is 66.4 Å². The summed E-state index contributed by atoms with van der Waals surface area (Å²) < 4.78 is 0. The zero-order chi connectivity index (χ0) is 22.2. The number of hydrogen-bond donors (Lipinski definition) is 2. The van der Waals surface area contributed by atoms with E-state index in [0.717, 1.165) is 26.1 Å². The lowest BCUT2D eigenvalue weighted by Gasteiger charge is -2.22. The van der Waals surface area contributed by atoms with Crippen LogP contribution in [0.25, 0.3) is 0 Å². The number of hydrogen-bond acceptors (Lipinski definition) is 5. The number of carbonyl (C=O) groups excluding carboxylic acids is 2. The number of amides is 2. The monoisotopic (exact) mass is 425 g/mol. The second kappa shape index (κ2) is 15.1. The van der Waals surface area contributed by atoms with Gasteiger partial charge in [0.05, 0.1) is 0 Å². The van der Waals surface area contributed by atoms with Crippen molar-refractivity contribution >= 4 is 11.8 Å². The lowest BCUT2D eigenvalue weighted by atomic mass is 10.1. The predicted octanol–water partition coefficient (Wildman–Crippen LogP) is 3.30. The molecule has 0 atom stereocenters. The summed E-state index contributed by atoms with van der Waals surface area (Å²) in [6.07, 6.45) is 10.6. The summed E-state index contributed by atoms with van der Waals surface area (Å²) >= 11 is 0. The summed E-state index contributed by atoms with van der Waals surface area (Å²) in [6, 6.07) is 10.6. The normalized spacial score (nSPS) is 10.8. The van der Waals surface area contributed by atoms with E-state index < -0.39 is 0 Å². The molecule has 0 aromatic carbocycles. The van der Waals surface area contributed by atoms with Gasteiger partial charge in [0.15, 0.2) is 0 Å². The molecule has 0 bridgehead atoms. The van der Waals surface area contributed by atoms with E-state index >= 15 is 0 Å². The maximum atomic E-state index is 12.2. The highest BCUT2D eigenvalue weighted by atomic mass is 16.2. The first kappa shape index (κ1) is 24.5. The topological polar surface area (TPSA) is 87.2 Å². The number of unbranched alkanes of at least 4 members (excludes halogenated alkanes) is 5. The van der Waals surface area contributed by atoms with Crippen LogP contribution in [0.2, 0.25) is 0 Å². The molecule has 2 aromatic rings.